The van der Waals surface area contributed by atoms with E-state index in [0.29, 0.717) is 17.9 Å². The van der Waals surface area contributed by atoms with Crippen LogP contribution in [0.25, 0.3) is 22.5 Å². The Labute approximate surface area is 208 Å². The van der Waals surface area contributed by atoms with Gasteiger partial charge in [0, 0.05) is 47.7 Å². The topological polar surface area (TPSA) is 90.1 Å². The van der Waals surface area contributed by atoms with Gasteiger partial charge in [-0.05, 0) is 18.6 Å². The van der Waals surface area contributed by atoms with Gasteiger partial charge in [-0.1, -0.05) is 79.3 Å². The van der Waals surface area contributed by atoms with Crippen LogP contribution in [-0.4, -0.2) is 32.7 Å². The SMILES string of the molecule is CCCn1c(SCCNC(=O)c2ccc([N+](=O)[O-])cc2)nc(-c2ccccc2)c1-c1ccccc1. The van der Waals surface area contributed by atoms with Crippen molar-refractivity contribution in [3.05, 3.63) is 101 Å². The summed E-state index contributed by atoms with van der Waals surface area (Å²) in [7, 11) is 0. The number of benzene rings is 3. The van der Waals surface area contributed by atoms with Crippen LogP contribution < -0.4 is 5.32 Å². The Bertz CT molecular complexity index is 1290. The first-order chi connectivity index (χ1) is 17.1. The Kier molecular flexibility index (Phi) is 7.95. The average Bonchev–Trinajstić information content (AvgIpc) is 3.26. The molecule has 1 aromatic heterocycles. The lowest BCUT2D eigenvalue weighted by Crippen LogP contribution is -2.25. The highest BCUT2D eigenvalue weighted by atomic mass is 32.2. The van der Waals surface area contributed by atoms with Crippen molar-refractivity contribution in [2.24, 2.45) is 0 Å². The molecule has 0 aliphatic rings. The molecule has 0 bridgehead atoms. The van der Waals surface area contributed by atoms with Gasteiger partial charge in [-0.3, -0.25) is 14.9 Å². The predicted octanol–water partition coefficient (Wildman–Crippen LogP) is 6.06. The molecule has 0 aliphatic heterocycles. The second kappa shape index (κ2) is 11.5. The first kappa shape index (κ1) is 24.2. The van der Waals surface area contributed by atoms with Crippen LogP contribution in [0.3, 0.4) is 0 Å². The minimum Gasteiger partial charge on any atom is -0.351 e. The smallest absolute Gasteiger partial charge is 0.269 e. The Morgan fingerprint density at radius 1 is 0.971 bits per heavy atom. The van der Waals surface area contributed by atoms with Gasteiger partial charge in [0.15, 0.2) is 5.16 Å². The molecule has 0 saturated heterocycles. The van der Waals surface area contributed by atoms with E-state index in [1.807, 2.05) is 36.4 Å². The molecule has 4 aromatic rings. The highest BCUT2D eigenvalue weighted by Crippen LogP contribution is 2.36. The van der Waals surface area contributed by atoms with E-state index in [0.717, 1.165) is 40.6 Å². The molecule has 0 aliphatic carbocycles. The van der Waals surface area contributed by atoms with E-state index in [1.54, 1.807) is 11.8 Å². The number of nitrogens with one attached hydrogen (secondary N) is 1. The average molecular weight is 487 g/mol. The van der Waals surface area contributed by atoms with Crippen LogP contribution in [0.15, 0.2) is 90.1 Å². The van der Waals surface area contributed by atoms with Crippen molar-refractivity contribution in [3.8, 4) is 22.5 Å². The van der Waals surface area contributed by atoms with Crippen molar-refractivity contribution in [2.75, 3.05) is 12.3 Å². The molecular weight excluding hydrogens is 460 g/mol. The normalized spacial score (nSPS) is 10.8. The van der Waals surface area contributed by atoms with Crippen LogP contribution in [0.1, 0.15) is 23.7 Å². The molecule has 0 spiro atoms. The minimum atomic E-state index is -0.482. The standard InChI is InChI=1S/C27H26N4O3S/c1-2-18-30-25(21-11-7-4-8-12-21)24(20-9-5-3-6-10-20)29-27(30)35-19-17-28-26(32)22-13-15-23(16-14-22)31(33)34/h3-16H,2,17-19H2,1H3,(H,28,32). The van der Waals surface area contributed by atoms with Crippen LogP contribution in [0, 0.1) is 10.1 Å². The maximum Gasteiger partial charge on any atom is 0.269 e. The zero-order valence-corrected chi connectivity index (χ0v) is 20.2. The lowest BCUT2D eigenvalue weighted by atomic mass is 10.0. The molecule has 8 heteroatoms. The van der Waals surface area contributed by atoms with E-state index < -0.39 is 4.92 Å². The van der Waals surface area contributed by atoms with Gasteiger partial charge >= 0.3 is 0 Å². The summed E-state index contributed by atoms with van der Waals surface area (Å²) in [4.78, 5) is 27.8. The van der Waals surface area contributed by atoms with Crippen LogP contribution in [0.2, 0.25) is 0 Å². The molecule has 7 nitrogen and oxygen atoms in total. The molecule has 1 heterocycles. The van der Waals surface area contributed by atoms with Crippen molar-refractivity contribution in [2.45, 2.75) is 25.0 Å². The maximum atomic E-state index is 12.4. The first-order valence-corrected chi connectivity index (χ1v) is 12.4. The lowest BCUT2D eigenvalue weighted by Gasteiger charge is -2.12. The number of non-ortho nitro benzene ring substituents is 1. The quantitative estimate of drug-likeness (QED) is 0.127. The summed E-state index contributed by atoms with van der Waals surface area (Å²) in [6, 6.07) is 26.1. The van der Waals surface area contributed by atoms with E-state index in [1.165, 1.54) is 24.3 Å². The number of rotatable bonds is 10. The Morgan fingerprint density at radius 2 is 1.60 bits per heavy atom. The summed E-state index contributed by atoms with van der Waals surface area (Å²) in [5.41, 5.74) is 4.58. The highest BCUT2D eigenvalue weighted by Gasteiger charge is 2.20. The predicted molar refractivity (Wildman–Crippen MR) is 140 cm³/mol. The van der Waals surface area contributed by atoms with Crippen LogP contribution in [0.5, 0.6) is 0 Å². The van der Waals surface area contributed by atoms with E-state index in [2.05, 4.69) is 41.1 Å². The number of nitro benzene ring substituents is 1. The number of amides is 1. The number of thioether (sulfide) groups is 1. The summed E-state index contributed by atoms with van der Waals surface area (Å²) < 4.78 is 2.26. The van der Waals surface area contributed by atoms with Gasteiger partial charge < -0.3 is 9.88 Å². The Hall–Kier alpha value is -3.91. The number of nitrogens with zero attached hydrogens (tertiary/aromatic N) is 3. The Balaban J connectivity index is 1.52. The maximum absolute atomic E-state index is 12.4. The van der Waals surface area contributed by atoms with Gasteiger partial charge in [0.05, 0.1) is 16.3 Å². The first-order valence-electron chi connectivity index (χ1n) is 11.4. The molecule has 3 aromatic carbocycles. The fourth-order valence-electron chi connectivity index (χ4n) is 3.80. The number of aromatic nitrogens is 2. The molecule has 0 saturated carbocycles. The summed E-state index contributed by atoms with van der Waals surface area (Å²) in [6.07, 6.45) is 0.967. The zero-order valence-electron chi connectivity index (χ0n) is 19.4. The monoisotopic (exact) mass is 486 g/mol. The molecule has 0 atom stereocenters. The van der Waals surface area contributed by atoms with Crippen molar-refractivity contribution in [3.63, 3.8) is 0 Å². The molecule has 1 N–H and O–H groups in total. The fraction of sp³-hybridized carbons (Fsp3) is 0.185. The van der Waals surface area contributed by atoms with Crippen LogP contribution in [-0.2, 0) is 6.54 Å². The lowest BCUT2D eigenvalue weighted by molar-refractivity contribution is -0.384. The number of hydrogen-bond donors (Lipinski definition) is 1. The van der Waals surface area contributed by atoms with Crippen LogP contribution >= 0.6 is 11.8 Å². The molecular formula is C27H26N4O3S. The second-order valence-electron chi connectivity index (χ2n) is 7.88. The van der Waals surface area contributed by atoms with Gasteiger partial charge in [-0.25, -0.2) is 4.98 Å². The van der Waals surface area contributed by atoms with E-state index in [9.17, 15) is 14.9 Å². The summed E-state index contributed by atoms with van der Waals surface area (Å²) in [6.45, 7) is 3.43. The summed E-state index contributed by atoms with van der Waals surface area (Å²) in [5.74, 6) is 0.384. The fourth-order valence-corrected chi connectivity index (χ4v) is 4.68. The molecule has 0 radical (unpaired) electrons. The third kappa shape index (κ3) is 5.78. The largest absolute Gasteiger partial charge is 0.351 e. The van der Waals surface area contributed by atoms with Gasteiger partial charge in [0.2, 0.25) is 0 Å². The number of hydrogen-bond acceptors (Lipinski definition) is 5. The van der Waals surface area contributed by atoms with Gasteiger partial charge in [-0.15, -0.1) is 0 Å². The molecule has 0 fully saturated rings. The van der Waals surface area contributed by atoms with Gasteiger partial charge in [0.25, 0.3) is 11.6 Å². The number of imidazole rings is 1. The van der Waals surface area contributed by atoms with Crippen molar-refractivity contribution in [1.82, 2.24) is 14.9 Å². The van der Waals surface area contributed by atoms with E-state index in [-0.39, 0.29) is 11.6 Å². The Morgan fingerprint density at radius 3 is 2.20 bits per heavy atom. The molecule has 35 heavy (non-hydrogen) atoms. The van der Waals surface area contributed by atoms with E-state index >= 15 is 0 Å². The van der Waals surface area contributed by atoms with Gasteiger partial charge in [0.1, 0.15) is 0 Å². The molecule has 0 unspecified atom stereocenters. The molecule has 178 valence electrons. The number of carbonyl (C=O) groups is 1. The van der Waals surface area contributed by atoms with E-state index in [4.69, 9.17) is 4.98 Å². The number of nitro groups is 1. The highest BCUT2D eigenvalue weighted by molar-refractivity contribution is 7.99. The number of carbonyl (C=O) groups excluding carboxylic acids is 1. The van der Waals surface area contributed by atoms with Crippen molar-refractivity contribution < 1.29 is 9.72 Å². The third-order valence-electron chi connectivity index (χ3n) is 5.43. The molecule has 1 amide bonds. The molecule has 4 rings (SSSR count). The minimum absolute atomic E-state index is 0.0386. The summed E-state index contributed by atoms with van der Waals surface area (Å²) >= 11 is 1.60. The van der Waals surface area contributed by atoms with Crippen LogP contribution in [0.4, 0.5) is 5.69 Å². The van der Waals surface area contributed by atoms with Crippen molar-refractivity contribution >= 4 is 23.4 Å². The van der Waals surface area contributed by atoms with Crippen molar-refractivity contribution in [1.29, 1.82) is 0 Å². The summed E-state index contributed by atoms with van der Waals surface area (Å²) in [5, 5.41) is 14.6. The van der Waals surface area contributed by atoms with Gasteiger partial charge in [-0.2, -0.15) is 0 Å². The third-order valence-corrected chi connectivity index (χ3v) is 6.41. The zero-order chi connectivity index (χ0) is 24.6. The second-order valence-corrected chi connectivity index (χ2v) is 8.95.